The zero-order valence-electron chi connectivity index (χ0n) is 14.8. The molecule has 2 aliphatic rings. The molecule has 1 N–H and O–H groups in total. The molecule has 0 bridgehead atoms. The Bertz CT molecular complexity index is 1080. The van der Waals surface area contributed by atoms with Gasteiger partial charge in [0.05, 0.1) is 0 Å². The van der Waals surface area contributed by atoms with Crippen molar-refractivity contribution in [3.8, 4) is 0 Å². The van der Waals surface area contributed by atoms with Crippen molar-refractivity contribution in [3.05, 3.63) is 51.8 Å². The van der Waals surface area contributed by atoms with Gasteiger partial charge in [-0.15, -0.1) is 10.2 Å². The first-order valence-corrected chi connectivity index (χ1v) is 9.15. The van der Waals surface area contributed by atoms with E-state index in [0.717, 1.165) is 36.3 Å². The number of hydrogen-bond acceptors (Lipinski definition) is 6. The highest BCUT2D eigenvalue weighted by atomic mass is 16.2. The molecule has 4 heterocycles. The van der Waals surface area contributed by atoms with E-state index in [1.54, 1.807) is 23.5 Å². The van der Waals surface area contributed by atoms with E-state index in [-0.39, 0.29) is 17.0 Å². The van der Waals surface area contributed by atoms with Crippen LogP contribution >= 0.6 is 0 Å². The molecular weight excluding hydrogens is 346 g/mol. The lowest BCUT2D eigenvalue weighted by molar-refractivity contribution is 0.0744. The van der Waals surface area contributed by atoms with E-state index >= 15 is 0 Å². The van der Waals surface area contributed by atoms with Crippen molar-refractivity contribution in [2.45, 2.75) is 19.3 Å². The first kappa shape index (κ1) is 16.0. The molecule has 138 valence electrons. The summed E-state index contributed by atoms with van der Waals surface area (Å²) in [5.41, 5.74) is 2.07. The number of fused-ring (bicyclic) bond motifs is 2. The summed E-state index contributed by atoms with van der Waals surface area (Å²) in [6.07, 6.45) is 6.20. The normalized spacial score (nSPS) is 16.7. The minimum atomic E-state index is -0.275. The number of pyridine rings is 1. The number of aryl methyl sites for hydroxylation is 2. The van der Waals surface area contributed by atoms with Crippen LogP contribution in [-0.2, 0) is 12.8 Å². The van der Waals surface area contributed by atoms with Gasteiger partial charge in [0.15, 0.2) is 0 Å². The van der Waals surface area contributed by atoms with Gasteiger partial charge in [0.2, 0.25) is 0 Å². The molecule has 0 radical (unpaired) electrons. The molecule has 27 heavy (non-hydrogen) atoms. The van der Waals surface area contributed by atoms with E-state index in [1.807, 2.05) is 10.5 Å². The number of anilines is 1. The largest absolute Gasteiger partial charge is 0.354 e. The topological polar surface area (TPSA) is 99.5 Å². The van der Waals surface area contributed by atoms with Crippen molar-refractivity contribution >= 4 is 17.5 Å². The van der Waals surface area contributed by atoms with Crippen LogP contribution in [0.15, 0.2) is 29.5 Å². The molecule has 3 aromatic rings. The van der Waals surface area contributed by atoms with Crippen molar-refractivity contribution in [2.75, 3.05) is 31.1 Å². The molecule has 1 amide bonds. The lowest BCUT2D eigenvalue weighted by atomic mass is 10.1. The molecule has 1 saturated heterocycles. The van der Waals surface area contributed by atoms with Crippen LogP contribution in [0.25, 0.3) is 5.78 Å². The Hall–Kier alpha value is -3.23. The number of nitrogens with zero attached hydrogens (tertiary/aromatic N) is 6. The second kappa shape index (κ2) is 6.19. The lowest BCUT2D eigenvalue weighted by Crippen LogP contribution is -2.50. The van der Waals surface area contributed by atoms with Gasteiger partial charge in [-0.25, -0.2) is 4.98 Å². The maximum atomic E-state index is 12.9. The van der Waals surface area contributed by atoms with Crippen molar-refractivity contribution in [2.24, 2.45) is 0 Å². The highest BCUT2D eigenvalue weighted by Crippen LogP contribution is 2.20. The van der Waals surface area contributed by atoms with Gasteiger partial charge in [-0.2, -0.15) is 0 Å². The van der Waals surface area contributed by atoms with Crippen LogP contribution in [-0.4, -0.2) is 61.6 Å². The van der Waals surface area contributed by atoms with Crippen molar-refractivity contribution in [3.63, 3.8) is 0 Å². The minimum absolute atomic E-state index is 0.185. The molecule has 0 aromatic carbocycles. The number of amides is 1. The molecule has 1 aliphatic heterocycles. The maximum Gasteiger partial charge on any atom is 0.261 e. The summed E-state index contributed by atoms with van der Waals surface area (Å²) in [5.74, 6) is 1.32. The fraction of sp³-hybridized carbons (Fsp3) is 0.389. The molecule has 5 rings (SSSR count). The third-order valence-corrected chi connectivity index (χ3v) is 5.40. The third kappa shape index (κ3) is 2.66. The number of carbonyl (C=O) groups excluding carboxylic acids is 1. The Morgan fingerprint density at radius 2 is 2.00 bits per heavy atom. The third-order valence-electron chi connectivity index (χ3n) is 5.40. The van der Waals surface area contributed by atoms with Crippen LogP contribution < -0.4 is 10.5 Å². The summed E-state index contributed by atoms with van der Waals surface area (Å²) < 4.78 is 1.84. The number of piperazine rings is 1. The van der Waals surface area contributed by atoms with Gasteiger partial charge < -0.3 is 14.8 Å². The molecule has 1 fully saturated rings. The average Bonchev–Trinajstić information content (AvgIpc) is 3.35. The van der Waals surface area contributed by atoms with E-state index < -0.39 is 0 Å². The molecular formula is C18H19N7O2. The Kier molecular flexibility index (Phi) is 3.66. The molecule has 0 atom stereocenters. The number of hydrogen-bond donors (Lipinski definition) is 1. The van der Waals surface area contributed by atoms with Crippen LogP contribution in [0.2, 0.25) is 0 Å². The number of H-pyrrole nitrogens is 1. The van der Waals surface area contributed by atoms with Crippen LogP contribution in [0.1, 0.15) is 28.0 Å². The van der Waals surface area contributed by atoms with Gasteiger partial charge >= 0.3 is 0 Å². The van der Waals surface area contributed by atoms with E-state index in [4.69, 9.17) is 0 Å². The molecule has 0 spiro atoms. The number of aromatic nitrogens is 5. The standard InChI is InChI=1S/C18H19N7O2/c26-16-13(10-12-2-1-3-14(12)21-16)17(27)24-8-6-23(7-9-24)15-4-5-19-18-22-20-11-25(15)18/h4-5,10-11H,1-3,6-9H2,(H,21,26). The quantitative estimate of drug-likeness (QED) is 0.700. The average molecular weight is 365 g/mol. The van der Waals surface area contributed by atoms with Gasteiger partial charge in [0.25, 0.3) is 17.2 Å². The summed E-state index contributed by atoms with van der Waals surface area (Å²) >= 11 is 0. The highest BCUT2D eigenvalue weighted by Gasteiger charge is 2.26. The van der Waals surface area contributed by atoms with Crippen LogP contribution in [0.5, 0.6) is 0 Å². The molecule has 1 aliphatic carbocycles. The lowest BCUT2D eigenvalue weighted by Gasteiger charge is -2.36. The molecule has 0 saturated carbocycles. The second-order valence-electron chi connectivity index (χ2n) is 6.95. The monoisotopic (exact) mass is 365 g/mol. The van der Waals surface area contributed by atoms with E-state index in [9.17, 15) is 9.59 Å². The Morgan fingerprint density at radius 3 is 2.85 bits per heavy atom. The number of aromatic amines is 1. The fourth-order valence-electron chi connectivity index (χ4n) is 3.97. The SMILES string of the molecule is O=C(c1cc2c([nH]c1=O)CCC2)N1CCN(c2ccnc3nncn23)CC1. The zero-order valence-corrected chi connectivity index (χ0v) is 14.8. The van der Waals surface area contributed by atoms with E-state index in [1.165, 1.54) is 0 Å². The summed E-state index contributed by atoms with van der Waals surface area (Å²) in [4.78, 5) is 36.2. The molecule has 9 heteroatoms. The summed E-state index contributed by atoms with van der Waals surface area (Å²) in [6, 6.07) is 3.71. The summed E-state index contributed by atoms with van der Waals surface area (Å²) in [5, 5.41) is 7.87. The second-order valence-corrected chi connectivity index (χ2v) is 6.95. The molecule has 0 unspecified atom stereocenters. The zero-order chi connectivity index (χ0) is 18.4. The molecule has 9 nitrogen and oxygen atoms in total. The predicted octanol–water partition coefficient (Wildman–Crippen LogP) is 0.264. The van der Waals surface area contributed by atoms with Crippen LogP contribution in [0.3, 0.4) is 0 Å². The van der Waals surface area contributed by atoms with Crippen molar-refractivity contribution < 1.29 is 4.79 Å². The fourth-order valence-corrected chi connectivity index (χ4v) is 3.97. The minimum Gasteiger partial charge on any atom is -0.354 e. The van der Waals surface area contributed by atoms with Crippen LogP contribution in [0.4, 0.5) is 5.82 Å². The van der Waals surface area contributed by atoms with Gasteiger partial charge in [-0.05, 0) is 37.0 Å². The van der Waals surface area contributed by atoms with Gasteiger partial charge in [0, 0.05) is 38.1 Å². The maximum absolute atomic E-state index is 12.9. The highest BCUT2D eigenvalue weighted by molar-refractivity contribution is 5.94. The molecule has 3 aromatic heterocycles. The van der Waals surface area contributed by atoms with Crippen molar-refractivity contribution in [1.29, 1.82) is 0 Å². The van der Waals surface area contributed by atoms with Crippen LogP contribution in [0, 0.1) is 0 Å². The van der Waals surface area contributed by atoms with Gasteiger partial charge in [-0.3, -0.25) is 14.0 Å². The summed E-state index contributed by atoms with van der Waals surface area (Å²) in [6.45, 7) is 2.46. The Labute approximate surface area is 154 Å². The van der Waals surface area contributed by atoms with E-state index in [0.29, 0.717) is 32.0 Å². The number of nitrogens with one attached hydrogen (secondary N) is 1. The first-order chi connectivity index (χ1) is 13.2. The predicted molar refractivity (Wildman–Crippen MR) is 98.0 cm³/mol. The first-order valence-electron chi connectivity index (χ1n) is 9.15. The Morgan fingerprint density at radius 1 is 1.15 bits per heavy atom. The van der Waals surface area contributed by atoms with Crippen molar-refractivity contribution in [1.82, 2.24) is 29.5 Å². The smallest absolute Gasteiger partial charge is 0.261 e. The Balaban J connectivity index is 1.34. The number of rotatable bonds is 2. The van der Waals surface area contributed by atoms with E-state index in [2.05, 4.69) is 25.1 Å². The van der Waals surface area contributed by atoms with Gasteiger partial charge in [-0.1, -0.05) is 0 Å². The van der Waals surface area contributed by atoms with Gasteiger partial charge in [0.1, 0.15) is 17.7 Å². The number of carbonyl (C=O) groups is 1. The summed E-state index contributed by atoms with van der Waals surface area (Å²) in [7, 11) is 0.